The lowest BCUT2D eigenvalue weighted by Gasteiger charge is -2.36. The summed E-state index contributed by atoms with van der Waals surface area (Å²) in [7, 11) is 1.42. The number of nitro groups is 1. The number of benzene rings is 2. The number of hydrogen-bond acceptors (Lipinski definition) is 5. The van der Waals surface area contributed by atoms with E-state index in [0.717, 1.165) is 6.07 Å². The number of piperazine rings is 1. The lowest BCUT2D eigenvalue weighted by molar-refractivity contribution is -0.384. The number of rotatable bonds is 4. The molecule has 0 unspecified atom stereocenters. The average molecular weight is 394 g/mol. The molecule has 142 valence electrons. The molecule has 1 fully saturated rings. The van der Waals surface area contributed by atoms with E-state index >= 15 is 0 Å². The van der Waals surface area contributed by atoms with Crippen molar-refractivity contribution in [1.82, 2.24) is 4.90 Å². The molecule has 27 heavy (non-hydrogen) atoms. The molecule has 0 spiro atoms. The molecular formula is C18H17ClFN3O4. The zero-order valence-corrected chi connectivity index (χ0v) is 15.3. The SMILES string of the molecule is COc1ccc(F)cc1C(=O)N1CCN(c2ccc(Cl)cc2[N+](=O)[O-])CC1. The van der Waals surface area contributed by atoms with E-state index in [-0.39, 0.29) is 22.2 Å². The zero-order chi connectivity index (χ0) is 19.6. The molecule has 3 rings (SSSR count). The predicted molar refractivity (Wildman–Crippen MR) is 99.2 cm³/mol. The van der Waals surface area contributed by atoms with Gasteiger partial charge < -0.3 is 14.5 Å². The molecule has 1 aliphatic rings. The van der Waals surface area contributed by atoms with Crippen LogP contribution in [-0.2, 0) is 0 Å². The molecule has 0 atom stereocenters. The second-order valence-corrected chi connectivity index (χ2v) is 6.45. The Kier molecular flexibility index (Phi) is 5.46. The summed E-state index contributed by atoms with van der Waals surface area (Å²) in [5, 5.41) is 11.6. The van der Waals surface area contributed by atoms with Crippen molar-refractivity contribution in [3.8, 4) is 5.75 Å². The molecule has 0 aliphatic carbocycles. The quantitative estimate of drug-likeness (QED) is 0.588. The normalized spacial score (nSPS) is 14.2. The Labute approximate surface area is 160 Å². The van der Waals surface area contributed by atoms with Crippen molar-refractivity contribution in [2.24, 2.45) is 0 Å². The number of halogens is 2. The van der Waals surface area contributed by atoms with Crippen LogP contribution in [0.15, 0.2) is 36.4 Å². The molecule has 1 heterocycles. The van der Waals surface area contributed by atoms with E-state index in [2.05, 4.69) is 0 Å². The summed E-state index contributed by atoms with van der Waals surface area (Å²) in [6, 6.07) is 8.30. The monoisotopic (exact) mass is 393 g/mol. The molecule has 0 bridgehead atoms. The topological polar surface area (TPSA) is 75.9 Å². The van der Waals surface area contributed by atoms with E-state index in [0.29, 0.717) is 37.6 Å². The molecule has 1 aliphatic heterocycles. The van der Waals surface area contributed by atoms with Gasteiger partial charge in [0.1, 0.15) is 17.3 Å². The van der Waals surface area contributed by atoms with Crippen molar-refractivity contribution in [3.63, 3.8) is 0 Å². The summed E-state index contributed by atoms with van der Waals surface area (Å²) in [6.45, 7) is 1.51. The third kappa shape index (κ3) is 3.95. The first-order valence-electron chi connectivity index (χ1n) is 8.22. The summed E-state index contributed by atoms with van der Waals surface area (Å²) < 4.78 is 18.7. The van der Waals surface area contributed by atoms with Gasteiger partial charge in [0, 0.05) is 37.3 Å². The van der Waals surface area contributed by atoms with Gasteiger partial charge in [0.2, 0.25) is 0 Å². The van der Waals surface area contributed by atoms with Gasteiger partial charge in [-0.05, 0) is 30.3 Å². The minimum absolute atomic E-state index is 0.0749. The highest BCUT2D eigenvalue weighted by molar-refractivity contribution is 6.30. The molecule has 9 heteroatoms. The molecule has 2 aromatic rings. The summed E-state index contributed by atoms with van der Waals surface area (Å²) in [5.41, 5.74) is 0.539. The summed E-state index contributed by atoms with van der Waals surface area (Å²) in [6.07, 6.45) is 0. The van der Waals surface area contributed by atoms with Gasteiger partial charge in [-0.15, -0.1) is 0 Å². The fraction of sp³-hybridized carbons (Fsp3) is 0.278. The molecule has 1 amide bonds. The Bertz CT molecular complexity index is 885. The zero-order valence-electron chi connectivity index (χ0n) is 14.5. The van der Waals surface area contributed by atoms with Crippen LogP contribution in [0.25, 0.3) is 0 Å². The number of hydrogen-bond donors (Lipinski definition) is 0. The van der Waals surface area contributed by atoms with Gasteiger partial charge in [0.25, 0.3) is 11.6 Å². The third-order valence-corrected chi connectivity index (χ3v) is 4.67. The number of methoxy groups -OCH3 is 1. The maximum absolute atomic E-state index is 13.5. The fourth-order valence-corrected chi connectivity index (χ4v) is 3.24. The number of carbonyl (C=O) groups is 1. The van der Waals surface area contributed by atoms with Gasteiger partial charge in [-0.1, -0.05) is 11.6 Å². The van der Waals surface area contributed by atoms with Crippen molar-refractivity contribution in [1.29, 1.82) is 0 Å². The lowest BCUT2D eigenvalue weighted by Crippen LogP contribution is -2.49. The molecular weight excluding hydrogens is 377 g/mol. The van der Waals surface area contributed by atoms with Crippen LogP contribution >= 0.6 is 11.6 Å². The van der Waals surface area contributed by atoms with Gasteiger partial charge in [-0.25, -0.2) is 4.39 Å². The Morgan fingerprint density at radius 2 is 1.89 bits per heavy atom. The van der Waals surface area contributed by atoms with Crippen LogP contribution in [0, 0.1) is 15.9 Å². The second kappa shape index (κ2) is 7.79. The van der Waals surface area contributed by atoms with E-state index < -0.39 is 10.7 Å². The van der Waals surface area contributed by atoms with Crippen LogP contribution in [0.2, 0.25) is 5.02 Å². The first kappa shape index (κ1) is 18.9. The molecule has 2 aromatic carbocycles. The molecule has 0 aromatic heterocycles. The standard InChI is InChI=1S/C18H17ClFN3O4/c1-27-17-5-3-13(20)11-14(17)18(24)22-8-6-21(7-9-22)15-4-2-12(19)10-16(15)23(25)26/h2-5,10-11H,6-9H2,1H3. The van der Waals surface area contributed by atoms with Gasteiger partial charge in [-0.3, -0.25) is 14.9 Å². The summed E-state index contributed by atoms with van der Waals surface area (Å²) in [5.74, 6) is -0.552. The molecule has 0 saturated carbocycles. The lowest BCUT2D eigenvalue weighted by atomic mass is 10.1. The predicted octanol–water partition coefficient (Wildman–Crippen LogP) is 3.36. The largest absolute Gasteiger partial charge is 0.496 e. The smallest absolute Gasteiger partial charge is 0.294 e. The third-order valence-electron chi connectivity index (χ3n) is 4.43. The van der Waals surface area contributed by atoms with E-state index in [1.165, 1.54) is 25.3 Å². The maximum atomic E-state index is 13.5. The van der Waals surface area contributed by atoms with Crippen LogP contribution in [0.4, 0.5) is 15.8 Å². The number of nitro benzene ring substituents is 1. The highest BCUT2D eigenvalue weighted by Crippen LogP contribution is 2.32. The Morgan fingerprint density at radius 1 is 1.19 bits per heavy atom. The summed E-state index contributed by atoms with van der Waals surface area (Å²) in [4.78, 5) is 27.0. The van der Waals surface area contributed by atoms with Gasteiger partial charge in [0.15, 0.2) is 0 Å². The van der Waals surface area contributed by atoms with E-state index in [4.69, 9.17) is 16.3 Å². The van der Waals surface area contributed by atoms with Crippen molar-refractivity contribution >= 4 is 28.9 Å². The second-order valence-electron chi connectivity index (χ2n) is 6.01. The van der Waals surface area contributed by atoms with Gasteiger partial charge in [0.05, 0.1) is 17.6 Å². The van der Waals surface area contributed by atoms with Gasteiger partial charge >= 0.3 is 0 Å². The first-order chi connectivity index (χ1) is 12.9. The highest BCUT2D eigenvalue weighted by Gasteiger charge is 2.27. The van der Waals surface area contributed by atoms with E-state index in [9.17, 15) is 19.3 Å². The molecule has 1 saturated heterocycles. The molecule has 0 radical (unpaired) electrons. The van der Waals surface area contributed by atoms with Gasteiger partial charge in [-0.2, -0.15) is 0 Å². The average Bonchev–Trinajstić information content (AvgIpc) is 2.67. The number of amides is 1. The van der Waals surface area contributed by atoms with Crippen LogP contribution in [0.1, 0.15) is 10.4 Å². The van der Waals surface area contributed by atoms with Crippen LogP contribution in [0.5, 0.6) is 5.75 Å². The van der Waals surface area contributed by atoms with E-state index in [1.807, 2.05) is 4.90 Å². The number of anilines is 1. The van der Waals surface area contributed by atoms with Crippen LogP contribution in [-0.4, -0.2) is 49.0 Å². The van der Waals surface area contributed by atoms with Crippen LogP contribution in [0.3, 0.4) is 0 Å². The van der Waals surface area contributed by atoms with Crippen LogP contribution < -0.4 is 9.64 Å². The number of nitrogens with zero attached hydrogens (tertiary/aromatic N) is 3. The first-order valence-corrected chi connectivity index (χ1v) is 8.60. The highest BCUT2D eigenvalue weighted by atomic mass is 35.5. The number of ether oxygens (including phenoxy) is 1. The Hall–Kier alpha value is -2.87. The molecule has 0 N–H and O–H groups in total. The van der Waals surface area contributed by atoms with Crippen molar-refractivity contribution in [2.75, 3.05) is 38.2 Å². The molecule has 7 nitrogen and oxygen atoms in total. The minimum atomic E-state index is -0.519. The van der Waals surface area contributed by atoms with Crippen molar-refractivity contribution in [3.05, 3.63) is 62.9 Å². The van der Waals surface area contributed by atoms with Crippen molar-refractivity contribution in [2.45, 2.75) is 0 Å². The number of carbonyl (C=O) groups excluding carboxylic acids is 1. The Balaban J connectivity index is 1.76. The van der Waals surface area contributed by atoms with E-state index in [1.54, 1.807) is 17.0 Å². The maximum Gasteiger partial charge on any atom is 0.294 e. The fourth-order valence-electron chi connectivity index (χ4n) is 3.08. The van der Waals surface area contributed by atoms with Crippen molar-refractivity contribution < 1.29 is 18.8 Å². The Morgan fingerprint density at radius 3 is 2.52 bits per heavy atom. The minimum Gasteiger partial charge on any atom is -0.496 e. The summed E-state index contributed by atoms with van der Waals surface area (Å²) >= 11 is 5.86.